The molecule has 3 N–H and O–H groups in total. The van der Waals surface area contributed by atoms with Gasteiger partial charge in [0, 0.05) is 31.6 Å². The minimum Gasteiger partial charge on any atom is -0.357 e. The summed E-state index contributed by atoms with van der Waals surface area (Å²) < 4.78 is 0. The number of amides is 3. The van der Waals surface area contributed by atoms with Crippen LogP contribution in [0, 0.1) is 0 Å². The number of rotatable bonds is 7. The first-order valence-electron chi connectivity index (χ1n) is 12.1. The molecule has 0 spiro atoms. The van der Waals surface area contributed by atoms with Crippen LogP contribution in [0.4, 0.5) is 0 Å². The molecule has 1 aliphatic rings. The predicted octanol–water partition coefficient (Wildman–Crippen LogP) is 2.78. The Kier molecular flexibility index (Phi) is 7.91. The summed E-state index contributed by atoms with van der Waals surface area (Å²) in [5.41, 5.74) is 8.08. The average molecular weight is 507 g/mol. The Hall–Kier alpha value is -3.42. The Morgan fingerprint density at radius 2 is 1.67 bits per heavy atom. The third kappa shape index (κ3) is 5.53. The molecular formula is C28H31ClN4O3. The number of benzene rings is 3. The molecule has 7 nitrogen and oxygen atoms in total. The van der Waals surface area contributed by atoms with Crippen molar-refractivity contribution in [2.45, 2.75) is 37.9 Å². The molecule has 1 fully saturated rings. The molecule has 0 radical (unpaired) electrons. The second-order valence-electron chi connectivity index (χ2n) is 9.19. The first kappa shape index (κ1) is 25.7. The van der Waals surface area contributed by atoms with E-state index in [9.17, 15) is 14.4 Å². The molecule has 0 saturated carbocycles. The number of hydrogen-bond acceptors (Lipinski definition) is 4. The molecule has 3 amide bonds. The number of nitrogens with two attached hydrogens (primary N) is 1. The van der Waals surface area contributed by atoms with Gasteiger partial charge in [0.25, 0.3) is 0 Å². The molecule has 3 aromatic rings. The molecule has 3 aromatic carbocycles. The van der Waals surface area contributed by atoms with Crippen LogP contribution in [-0.2, 0) is 27.2 Å². The number of carbonyl (C=O) groups excluding carboxylic acids is 3. The van der Waals surface area contributed by atoms with Crippen LogP contribution < -0.4 is 11.1 Å². The Morgan fingerprint density at radius 3 is 2.36 bits per heavy atom. The number of fused-ring (bicyclic) bond motifs is 1. The first-order chi connectivity index (χ1) is 17.3. The van der Waals surface area contributed by atoms with Gasteiger partial charge in [0.15, 0.2) is 0 Å². The number of piperazine rings is 1. The maximum absolute atomic E-state index is 13.4. The average Bonchev–Trinajstić information content (AvgIpc) is 2.89. The number of nitrogens with one attached hydrogen (secondary N) is 1. The second-order valence-corrected chi connectivity index (χ2v) is 9.63. The zero-order valence-corrected chi connectivity index (χ0v) is 21.2. The molecule has 4 rings (SSSR count). The van der Waals surface area contributed by atoms with Crippen molar-refractivity contribution in [3.8, 4) is 0 Å². The van der Waals surface area contributed by atoms with Crippen LogP contribution in [0.15, 0.2) is 66.7 Å². The summed E-state index contributed by atoms with van der Waals surface area (Å²) in [4.78, 5) is 42.5. The summed E-state index contributed by atoms with van der Waals surface area (Å²) in [6, 6.07) is 19.1. The van der Waals surface area contributed by atoms with Crippen molar-refractivity contribution < 1.29 is 14.4 Å². The molecule has 3 atom stereocenters. The fraction of sp³-hybridized carbons (Fsp3) is 0.321. The number of nitrogens with zero attached hydrogens (tertiary/aromatic N) is 2. The van der Waals surface area contributed by atoms with Crippen molar-refractivity contribution >= 4 is 40.1 Å². The Morgan fingerprint density at radius 1 is 1.00 bits per heavy atom. The Balaban J connectivity index is 1.47. The van der Waals surface area contributed by atoms with Gasteiger partial charge in [-0.3, -0.25) is 14.4 Å². The SMILES string of the molecule is CNC(=O)C(Cc1ccc2ccccc2c1)N1CCN(C(=O)C(N)Cc2ccc(Cl)cc2)[C@@H](C)C1=O. The lowest BCUT2D eigenvalue weighted by atomic mass is 9.98. The lowest BCUT2D eigenvalue weighted by molar-refractivity contribution is -0.155. The van der Waals surface area contributed by atoms with Gasteiger partial charge in [0.1, 0.15) is 12.1 Å². The lowest BCUT2D eigenvalue weighted by Gasteiger charge is -2.42. The van der Waals surface area contributed by atoms with Crippen LogP contribution in [0.3, 0.4) is 0 Å². The summed E-state index contributed by atoms with van der Waals surface area (Å²) >= 11 is 5.94. The number of carbonyl (C=O) groups is 3. The molecule has 1 aliphatic heterocycles. The van der Waals surface area contributed by atoms with Crippen molar-refractivity contribution in [2.24, 2.45) is 5.73 Å². The number of halogens is 1. The van der Waals surface area contributed by atoms with Gasteiger partial charge in [-0.2, -0.15) is 0 Å². The fourth-order valence-electron chi connectivity index (χ4n) is 4.78. The minimum atomic E-state index is -0.777. The molecule has 1 saturated heterocycles. The molecule has 1 heterocycles. The maximum Gasteiger partial charge on any atom is 0.245 e. The predicted molar refractivity (Wildman–Crippen MR) is 142 cm³/mol. The van der Waals surface area contributed by atoms with Gasteiger partial charge in [-0.15, -0.1) is 0 Å². The molecule has 0 aromatic heterocycles. The highest BCUT2D eigenvalue weighted by Gasteiger charge is 2.40. The van der Waals surface area contributed by atoms with E-state index in [0.29, 0.717) is 24.4 Å². The fourth-order valence-corrected chi connectivity index (χ4v) is 4.90. The molecule has 8 heteroatoms. The molecule has 36 heavy (non-hydrogen) atoms. The topological polar surface area (TPSA) is 95.7 Å². The molecule has 188 valence electrons. The van der Waals surface area contributed by atoms with Gasteiger partial charge in [-0.05, 0) is 47.4 Å². The quantitative estimate of drug-likeness (QED) is 0.515. The van der Waals surface area contributed by atoms with Gasteiger partial charge in [-0.25, -0.2) is 0 Å². The standard InChI is InChI=1S/C28H31ClN4O3/c1-18-27(35)33(14-13-32(18)28(36)24(30)16-19-8-11-23(29)12-9-19)25(26(34)31-2)17-20-7-10-21-5-3-4-6-22(21)15-20/h3-12,15,18,24-25H,13-14,16-17,30H2,1-2H3,(H,31,34)/t18-,24?,25?/m0/s1. The van der Waals surface area contributed by atoms with Crippen LogP contribution in [0.1, 0.15) is 18.1 Å². The van der Waals surface area contributed by atoms with Crippen molar-refractivity contribution in [1.29, 1.82) is 0 Å². The zero-order valence-electron chi connectivity index (χ0n) is 20.5. The lowest BCUT2D eigenvalue weighted by Crippen LogP contribution is -2.64. The van der Waals surface area contributed by atoms with Gasteiger partial charge >= 0.3 is 0 Å². The van der Waals surface area contributed by atoms with Crippen molar-refractivity contribution in [1.82, 2.24) is 15.1 Å². The van der Waals surface area contributed by atoms with E-state index < -0.39 is 18.1 Å². The highest BCUT2D eigenvalue weighted by Crippen LogP contribution is 2.22. The van der Waals surface area contributed by atoms with Crippen LogP contribution in [0.25, 0.3) is 10.8 Å². The van der Waals surface area contributed by atoms with E-state index in [0.717, 1.165) is 21.9 Å². The summed E-state index contributed by atoms with van der Waals surface area (Å²) in [5.74, 6) is -0.776. The van der Waals surface area contributed by atoms with Crippen molar-refractivity contribution in [3.05, 3.63) is 82.9 Å². The largest absolute Gasteiger partial charge is 0.357 e. The number of hydrogen-bond donors (Lipinski definition) is 2. The van der Waals surface area contributed by atoms with Gasteiger partial charge in [0.2, 0.25) is 17.7 Å². The van der Waals surface area contributed by atoms with Gasteiger partial charge in [0.05, 0.1) is 6.04 Å². The normalized spacial score (nSPS) is 17.7. The highest BCUT2D eigenvalue weighted by atomic mass is 35.5. The van der Waals surface area contributed by atoms with E-state index in [1.807, 2.05) is 48.5 Å². The third-order valence-corrected chi connectivity index (χ3v) is 7.08. The molecule has 0 aliphatic carbocycles. The van der Waals surface area contributed by atoms with Crippen LogP contribution in [0.5, 0.6) is 0 Å². The minimum absolute atomic E-state index is 0.233. The highest BCUT2D eigenvalue weighted by molar-refractivity contribution is 6.30. The van der Waals surface area contributed by atoms with E-state index in [-0.39, 0.29) is 24.3 Å². The summed E-state index contributed by atoms with van der Waals surface area (Å²) in [7, 11) is 1.57. The van der Waals surface area contributed by atoms with Crippen LogP contribution >= 0.6 is 11.6 Å². The maximum atomic E-state index is 13.4. The Labute approximate surface area is 216 Å². The van der Waals surface area contributed by atoms with Crippen LogP contribution in [-0.4, -0.2) is 65.8 Å². The van der Waals surface area contributed by atoms with E-state index in [1.54, 1.807) is 31.0 Å². The van der Waals surface area contributed by atoms with E-state index in [4.69, 9.17) is 17.3 Å². The van der Waals surface area contributed by atoms with Crippen LogP contribution in [0.2, 0.25) is 5.02 Å². The van der Waals surface area contributed by atoms with Gasteiger partial charge < -0.3 is 20.9 Å². The van der Waals surface area contributed by atoms with E-state index >= 15 is 0 Å². The Bertz CT molecular complexity index is 1260. The zero-order chi connectivity index (χ0) is 25.8. The molecule has 0 bridgehead atoms. The monoisotopic (exact) mass is 506 g/mol. The summed E-state index contributed by atoms with van der Waals surface area (Å²) in [6.07, 6.45) is 0.729. The van der Waals surface area contributed by atoms with Crippen molar-refractivity contribution in [3.63, 3.8) is 0 Å². The smallest absolute Gasteiger partial charge is 0.245 e. The van der Waals surface area contributed by atoms with E-state index in [2.05, 4.69) is 11.4 Å². The first-order valence-corrected chi connectivity index (χ1v) is 12.5. The van der Waals surface area contributed by atoms with E-state index in [1.165, 1.54) is 4.90 Å². The number of likely N-dealkylation sites (N-methyl/N-ethyl adjacent to an activating group) is 1. The summed E-state index contributed by atoms with van der Waals surface area (Å²) in [6.45, 7) is 2.26. The second kappa shape index (κ2) is 11.1. The van der Waals surface area contributed by atoms with Gasteiger partial charge in [-0.1, -0.05) is 66.2 Å². The molecular weight excluding hydrogens is 476 g/mol. The van der Waals surface area contributed by atoms with Crippen molar-refractivity contribution in [2.75, 3.05) is 20.1 Å². The third-order valence-electron chi connectivity index (χ3n) is 6.83. The molecule has 2 unspecified atom stereocenters. The summed E-state index contributed by atoms with van der Waals surface area (Å²) in [5, 5.41) is 5.50.